The van der Waals surface area contributed by atoms with E-state index in [2.05, 4.69) is 45.8 Å². The molecule has 0 atom stereocenters. The Bertz CT molecular complexity index is 203. The van der Waals surface area contributed by atoms with Crippen LogP contribution in [0.5, 0.6) is 0 Å². The average Bonchev–Trinajstić information content (AvgIpc) is 2.12. The fourth-order valence-corrected chi connectivity index (χ4v) is 1.43. The summed E-state index contributed by atoms with van der Waals surface area (Å²) >= 11 is 0. The lowest BCUT2D eigenvalue weighted by Gasteiger charge is -2.35. The molecular weight excluding hydrogens is 178 g/mol. The molecule has 5 heteroatoms. The van der Waals surface area contributed by atoms with Gasteiger partial charge >= 0.3 is 0 Å². The van der Waals surface area contributed by atoms with E-state index in [4.69, 9.17) is 0 Å². The van der Waals surface area contributed by atoms with Crippen molar-refractivity contribution >= 4 is 0 Å². The van der Waals surface area contributed by atoms with Crippen LogP contribution in [0, 0.1) is 0 Å². The van der Waals surface area contributed by atoms with E-state index in [1.54, 1.807) is 0 Å². The van der Waals surface area contributed by atoms with Crippen LogP contribution in [0.4, 0.5) is 0 Å². The largest absolute Gasteiger partial charge is 0.363 e. The van der Waals surface area contributed by atoms with Crippen LogP contribution in [0.15, 0.2) is 12.0 Å². The maximum Gasteiger partial charge on any atom is 0.132 e. The third kappa shape index (κ3) is 3.08. The molecule has 0 saturated heterocycles. The van der Waals surface area contributed by atoms with E-state index in [0.29, 0.717) is 0 Å². The number of hydrogen-bond acceptors (Lipinski definition) is 5. The van der Waals surface area contributed by atoms with Crippen LogP contribution in [0.1, 0.15) is 0 Å². The zero-order chi connectivity index (χ0) is 10.6. The number of nitrogens with one attached hydrogen (secondary N) is 2. The van der Waals surface area contributed by atoms with Gasteiger partial charge < -0.3 is 20.5 Å². The molecule has 1 rings (SSSR count). The summed E-state index contributed by atoms with van der Waals surface area (Å²) in [5.41, 5.74) is 3.31. The maximum absolute atomic E-state index is 3.31. The van der Waals surface area contributed by atoms with Crippen LogP contribution in [0.3, 0.4) is 0 Å². The summed E-state index contributed by atoms with van der Waals surface area (Å²) in [5, 5.41) is 5.20. The molecule has 1 heterocycles. The second-order valence-corrected chi connectivity index (χ2v) is 3.75. The Labute approximate surface area is 86.3 Å². The summed E-state index contributed by atoms with van der Waals surface area (Å²) < 4.78 is 0. The van der Waals surface area contributed by atoms with E-state index in [9.17, 15) is 0 Å². The summed E-state index contributed by atoms with van der Waals surface area (Å²) in [7, 11) is 8.16. The number of rotatable bonds is 4. The van der Waals surface area contributed by atoms with Crippen LogP contribution in [0.25, 0.3) is 0 Å². The van der Waals surface area contributed by atoms with Gasteiger partial charge in [0.05, 0.1) is 6.67 Å². The van der Waals surface area contributed by atoms with Gasteiger partial charge in [-0.3, -0.25) is 0 Å². The molecule has 0 fully saturated rings. The lowest BCUT2D eigenvalue weighted by atomic mass is 10.5. The summed E-state index contributed by atoms with van der Waals surface area (Å²) in [5.74, 6) is 1.14. The first-order chi connectivity index (χ1) is 6.63. The van der Waals surface area contributed by atoms with Gasteiger partial charge in [0.1, 0.15) is 5.82 Å². The molecule has 0 spiro atoms. The first-order valence-corrected chi connectivity index (χ1v) is 4.89. The Morgan fingerprint density at radius 1 is 1.57 bits per heavy atom. The van der Waals surface area contributed by atoms with Crippen molar-refractivity contribution in [2.45, 2.75) is 0 Å². The van der Waals surface area contributed by atoms with Gasteiger partial charge in [-0.05, 0) is 7.05 Å². The molecule has 0 aromatic heterocycles. The molecule has 1 aliphatic heterocycles. The van der Waals surface area contributed by atoms with Crippen molar-refractivity contribution < 1.29 is 0 Å². The standard InChI is InChI=1S/C9H21N5/c1-10-5-6-13(3)9-7-12(2)8-14(4)11-9/h7,10-11H,5-6,8H2,1-4H3. The highest BCUT2D eigenvalue weighted by atomic mass is 15.6. The first kappa shape index (κ1) is 11.1. The third-order valence-corrected chi connectivity index (χ3v) is 2.19. The Hall–Kier alpha value is -0.940. The van der Waals surface area contributed by atoms with Gasteiger partial charge in [-0.1, -0.05) is 0 Å². The quantitative estimate of drug-likeness (QED) is 0.624. The SMILES string of the molecule is CNCCN(C)C1=CN(C)CN(C)N1. The molecule has 0 aromatic carbocycles. The fraction of sp³-hybridized carbons (Fsp3) is 0.778. The number of nitrogens with zero attached hydrogens (tertiary/aromatic N) is 3. The Morgan fingerprint density at radius 2 is 2.29 bits per heavy atom. The normalized spacial score (nSPS) is 17.7. The second-order valence-electron chi connectivity index (χ2n) is 3.75. The van der Waals surface area contributed by atoms with E-state index < -0.39 is 0 Å². The van der Waals surface area contributed by atoms with Crippen LogP contribution < -0.4 is 10.7 Å². The average molecular weight is 199 g/mol. The Kier molecular flexibility index (Phi) is 4.03. The predicted octanol–water partition coefficient (Wildman–Crippen LogP) is -0.724. The second kappa shape index (κ2) is 5.07. The van der Waals surface area contributed by atoms with Gasteiger partial charge in [-0.15, -0.1) is 0 Å². The lowest BCUT2D eigenvalue weighted by Crippen LogP contribution is -2.49. The van der Waals surface area contributed by atoms with Crippen LogP contribution in [0.2, 0.25) is 0 Å². The summed E-state index contributed by atoms with van der Waals surface area (Å²) in [6.07, 6.45) is 2.12. The molecule has 14 heavy (non-hydrogen) atoms. The van der Waals surface area contributed by atoms with Gasteiger partial charge in [0.15, 0.2) is 0 Å². The lowest BCUT2D eigenvalue weighted by molar-refractivity contribution is 0.127. The van der Waals surface area contributed by atoms with E-state index in [1.807, 2.05) is 14.1 Å². The maximum atomic E-state index is 3.31. The van der Waals surface area contributed by atoms with E-state index >= 15 is 0 Å². The Morgan fingerprint density at radius 3 is 2.86 bits per heavy atom. The van der Waals surface area contributed by atoms with Crippen LogP contribution >= 0.6 is 0 Å². The molecule has 0 aromatic rings. The van der Waals surface area contributed by atoms with E-state index in [-0.39, 0.29) is 0 Å². The minimum Gasteiger partial charge on any atom is -0.363 e. The molecule has 1 aliphatic rings. The number of hydrazine groups is 1. The van der Waals surface area contributed by atoms with Gasteiger partial charge in [0.25, 0.3) is 0 Å². The van der Waals surface area contributed by atoms with E-state index in [1.165, 1.54) is 0 Å². The molecule has 0 amide bonds. The predicted molar refractivity (Wildman–Crippen MR) is 58.2 cm³/mol. The highest BCUT2D eigenvalue weighted by Gasteiger charge is 2.13. The number of hydrogen-bond donors (Lipinski definition) is 2. The van der Waals surface area contributed by atoms with E-state index in [0.717, 1.165) is 25.6 Å². The molecule has 82 valence electrons. The smallest absolute Gasteiger partial charge is 0.132 e. The highest BCUT2D eigenvalue weighted by Crippen LogP contribution is 2.04. The zero-order valence-electron chi connectivity index (χ0n) is 9.54. The van der Waals surface area contributed by atoms with Gasteiger partial charge in [-0.2, -0.15) is 0 Å². The van der Waals surface area contributed by atoms with Crippen molar-refractivity contribution in [2.24, 2.45) is 0 Å². The van der Waals surface area contributed by atoms with Crippen molar-refractivity contribution in [3.05, 3.63) is 12.0 Å². The molecule has 0 bridgehead atoms. The molecule has 0 saturated carbocycles. The topological polar surface area (TPSA) is 33.8 Å². The van der Waals surface area contributed by atoms with Crippen molar-refractivity contribution in [2.75, 3.05) is 47.9 Å². The molecule has 0 aliphatic carbocycles. The third-order valence-electron chi connectivity index (χ3n) is 2.19. The fourth-order valence-electron chi connectivity index (χ4n) is 1.43. The van der Waals surface area contributed by atoms with Crippen LogP contribution in [-0.2, 0) is 0 Å². The monoisotopic (exact) mass is 199 g/mol. The summed E-state index contributed by atoms with van der Waals surface area (Å²) in [6.45, 7) is 2.89. The van der Waals surface area contributed by atoms with Gasteiger partial charge in [0, 0.05) is 40.4 Å². The van der Waals surface area contributed by atoms with Gasteiger partial charge in [-0.25, -0.2) is 5.01 Å². The summed E-state index contributed by atoms with van der Waals surface area (Å²) in [4.78, 5) is 4.35. The molecule has 5 nitrogen and oxygen atoms in total. The minimum absolute atomic E-state index is 0.906. The van der Waals surface area contributed by atoms with Crippen molar-refractivity contribution in [1.29, 1.82) is 0 Å². The van der Waals surface area contributed by atoms with Crippen molar-refractivity contribution in [3.8, 4) is 0 Å². The van der Waals surface area contributed by atoms with Crippen molar-refractivity contribution in [3.63, 3.8) is 0 Å². The molecule has 0 unspecified atom stereocenters. The molecular formula is C9H21N5. The Balaban J connectivity index is 2.49. The molecule has 0 radical (unpaired) electrons. The summed E-state index contributed by atoms with van der Waals surface area (Å²) in [6, 6.07) is 0. The molecule has 2 N–H and O–H groups in total. The zero-order valence-corrected chi connectivity index (χ0v) is 9.54. The van der Waals surface area contributed by atoms with Crippen molar-refractivity contribution in [1.82, 2.24) is 25.6 Å². The van der Waals surface area contributed by atoms with Crippen LogP contribution in [-0.4, -0.2) is 62.8 Å². The first-order valence-electron chi connectivity index (χ1n) is 4.89. The minimum atomic E-state index is 0.906. The number of likely N-dealkylation sites (N-methyl/N-ethyl adjacent to an activating group) is 2. The highest BCUT2D eigenvalue weighted by molar-refractivity contribution is 4.98. The van der Waals surface area contributed by atoms with Gasteiger partial charge in [0.2, 0.25) is 0 Å².